The standard InChI is InChI=1S/C9H11BrClNO4S2/c1-5(9(13)14)4-12(2)18(15,16)7-3-6(11)8(10)17-7/h3,5H,4H2,1-2H3,(H,13,14). The van der Waals surface area contributed by atoms with Crippen LogP contribution in [-0.2, 0) is 14.8 Å². The number of aliphatic carboxylic acids is 1. The minimum absolute atomic E-state index is 0.0828. The lowest BCUT2D eigenvalue weighted by molar-refractivity contribution is -0.141. The predicted octanol–water partition coefficient (Wildman–Crippen LogP) is 2.51. The zero-order valence-corrected chi connectivity index (χ0v) is 13.5. The number of hydrogen-bond donors (Lipinski definition) is 1. The van der Waals surface area contributed by atoms with Crippen molar-refractivity contribution < 1.29 is 18.3 Å². The van der Waals surface area contributed by atoms with Crippen LogP contribution in [0.3, 0.4) is 0 Å². The Morgan fingerprint density at radius 2 is 2.22 bits per heavy atom. The number of halogens is 2. The summed E-state index contributed by atoms with van der Waals surface area (Å²) >= 11 is 9.92. The van der Waals surface area contributed by atoms with E-state index >= 15 is 0 Å². The number of thiophene rings is 1. The van der Waals surface area contributed by atoms with Crippen molar-refractivity contribution in [3.05, 3.63) is 14.9 Å². The van der Waals surface area contributed by atoms with Crippen LogP contribution < -0.4 is 0 Å². The highest BCUT2D eigenvalue weighted by molar-refractivity contribution is 9.11. The maximum absolute atomic E-state index is 12.1. The van der Waals surface area contributed by atoms with E-state index in [9.17, 15) is 13.2 Å². The molecule has 0 saturated carbocycles. The molecule has 1 aromatic rings. The van der Waals surface area contributed by atoms with Gasteiger partial charge in [0.1, 0.15) is 4.21 Å². The van der Waals surface area contributed by atoms with E-state index in [0.29, 0.717) is 8.81 Å². The third-order valence-corrected chi connectivity index (χ3v) is 6.99. The topological polar surface area (TPSA) is 74.7 Å². The van der Waals surface area contributed by atoms with E-state index in [-0.39, 0.29) is 10.8 Å². The van der Waals surface area contributed by atoms with Crippen LogP contribution in [0.4, 0.5) is 0 Å². The third-order valence-electron chi connectivity index (χ3n) is 2.24. The summed E-state index contributed by atoms with van der Waals surface area (Å²) in [4.78, 5) is 10.7. The van der Waals surface area contributed by atoms with E-state index in [1.54, 1.807) is 0 Å². The van der Waals surface area contributed by atoms with E-state index < -0.39 is 21.9 Å². The number of sulfonamides is 1. The molecule has 1 atom stereocenters. The normalized spacial score (nSPS) is 13.8. The van der Waals surface area contributed by atoms with E-state index in [1.165, 1.54) is 20.0 Å². The van der Waals surface area contributed by atoms with E-state index in [1.807, 2.05) is 0 Å². The van der Waals surface area contributed by atoms with Crippen molar-refractivity contribution in [2.45, 2.75) is 11.1 Å². The first kappa shape index (κ1) is 15.9. The van der Waals surface area contributed by atoms with Gasteiger partial charge in [-0.25, -0.2) is 8.42 Å². The van der Waals surface area contributed by atoms with Crippen LogP contribution in [0.5, 0.6) is 0 Å². The Morgan fingerprint density at radius 3 is 2.61 bits per heavy atom. The highest BCUT2D eigenvalue weighted by Crippen LogP contribution is 2.35. The molecular formula is C9H11BrClNO4S2. The Hall–Kier alpha value is -0.150. The van der Waals surface area contributed by atoms with E-state index in [4.69, 9.17) is 16.7 Å². The molecular weight excluding hydrogens is 366 g/mol. The molecule has 18 heavy (non-hydrogen) atoms. The second kappa shape index (κ2) is 5.87. The molecule has 9 heteroatoms. The minimum atomic E-state index is -3.70. The molecule has 1 aromatic heterocycles. The van der Waals surface area contributed by atoms with Gasteiger partial charge in [0, 0.05) is 13.6 Å². The molecule has 0 bridgehead atoms. The molecule has 1 rings (SSSR count). The molecule has 102 valence electrons. The van der Waals surface area contributed by atoms with Crippen molar-refractivity contribution in [1.29, 1.82) is 0 Å². The van der Waals surface area contributed by atoms with Gasteiger partial charge in [-0.1, -0.05) is 18.5 Å². The first-order valence-corrected chi connectivity index (χ1v) is 8.23. The number of carboxylic acids is 1. The largest absolute Gasteiger partial charge is 0.481 e. The van der Waals surface area contributed by atoms with Crippen LogP contribution in [0.25, 0.3) is 0 Å². The Labute approximate surface area is 123 Å². The second-order valence-corrected chi connectivity index (χ2v) is 8.76. The quantitative estimate of drug-likeness (QED) is 0.857. The van der Waals surface area contributed by atoms with Crippen LogP contribution in [0.15, 0.2) is 14.1 Å². The maximum Gasteiger partial charge on any atom is 0.307 e. The van der Waals surface area contributed by atoms with Gasteiger partial charge in [-0.15, -0.1) is 11.3 Å². The summed E-state index contributed by atoms with van der Waals surface area (Å²) < 4.78 is 25.9. The van der Waals surface area contributed by atoms with Crippen LogP contribution in [0.1, 0.15) is 6.92 Å². The predicted molar refractivity (Wildman–Crippen MR) is 73.6 cm³/mol. The van der Waals surface area contributed by atoms with Crippen molar-refractivity contribution in [1.82, 2.24) is 4.31 Å². The van der Waals surface area contributed by atoms with Gasteiger partial charge in [0.05, 0.1) is 14.7 Å². The molecule has 0 saturated heterocycles. The van der Waals surface area contributed by atoms with Crippen LogP contribution >= 0.6 is 38.9 Å². The first-order valence-electron chi connectivity index (χ1n) is 4.80. The fourth-order valence-electron chi connectivity index (χ4n) is 1.17. The van der Waals surface area contributed by atoms with Gasteiger partial charge in [-0.2, -0.15) is 4.31 Å². The molecule has 0 aliphatic carbocycles. The maximum atomic E-state index is 12.1. The van der Waals surface area contributed by atoms with Gasteiger partial charge in [0.25, 0.3) is 10.0 Å². The number of rotatable bonds is 5. The van der Waals surface area contributed by atoms with Crippen LogP contribution in [0, 0.1) is 5.92 Å². The molecule has 0 radical (unpaired) electrons. The minimum Gasteiger partial charge on any atom is -0.481 e. The van der Waals surface area contributed by atoms with Gasteiger partial charge in [-0.05, 0) is 22.0 Å². The molecule has 1 N–H and O–H groups in total. The van der Waals surface area contributed by atoms with Crippen LogP contribution in [0.2, 0.25) is 5.02 Å². The zero-order valence-electron chi connectivity index (χ0n) is 9.55. The molecule has 0 aromatic carbocycles. The third kappa shape index (κ3) is 3.45. The fraction of sp³-hybridized carbons (Fsp3) is 0.444. The van der Waals surface area contributed by atoms with Gasteiger partial charge in [-0.3, -0.25) is 4.79 Å². The van der Waals surface area contributed by atoms with Crippen molar-refractivity contribution in [3.8, 4) is 0 Å². The summed E-state index contributed by atoms with van der Waals surface area (Å²) in [5.74, 6) is -1.81. The molecule has 0 aliphatic heterocycles. The summed E-state index contributed by atoms with van der Waals surface area (Å²) in [7, 11) is -2.35. The lowest BCUT2D eigenvalue weighted by Crippen LogP contribution is -2.33. The van der Waals surface area contributed by atoms with Crippen molar-refractivity contribution in [3.63, 3.8) is 0 Å². The summed E-state index contributed by atoms with van der Waals surface area (Å²) in [5.41, 5.74) is 0. The number of nitrogens with zero attached hydrogens (tertiary/aromatic N) is 1. The lowest BCUT2D eigenvalue weighted by atomic mass is 10.2. The SMILES string of the molecule is CC(CN(C)S(=O)(=O)c1cc(Cl)c(Br)s1)C(=O)O. The average Bonchev–Trinajstić information content (AvgIpc) is 2.59. The van der Waals surface area contributed by atoms with E-state index in [0.717, 1.165) is 15.6 Å². The Morgan fingerprint density at radius 1 is 1.67 bits per heavy atom. The van der Waals surface area contributed by atoms with Crippen LogP contribution in [-0.4, -0.2) is 37.4 Å². The summed E-state index contributed by atoms with van der Waals surface area (Å²) in [5, 5.41) is 9.09. The molecule has 0 aliphatic rings. The Balaban J connectivity index is 2.96. The van der Waals surface area contributed by atoms with Crippen molar-refractivity contribution >= 4 is 54.9 Å². The summed E-state index contributed by atoms with van der Waals surface area (Å²) in [6, 6.07) is 1.34. The number of hydrogen-bond acceptors (Lipinski definition) is 4. The van der Waals surface area contributed by atoms with Crippen molar-refractivity contribution in [2.75, 3.05) is 13.6 Å². The monoisotopic (exact) mass is 375 g/mol. The molecule has 0 amide bonds. The first-order chi connectivity index (χ1) is 8.16. The second-order valence-electron chi connectivity index (χ2n) is 3.71. The molecule has 1 unspecified atom stereocenters. The van der Waals surface area contributed by atoms with E-state index in [2.05, 4.69) is 15.9 Å². The van der Waals surface area contributed by atoms with Crippen molar-refractivity contribution in [2.24, 2.45) is 5.92 Å². The molecule has 0 fully saturated rings. The van der Waals surface area contributed by atoms with Gasteiger partial charge in [0.15, 0.2) is 0 Å². The zero-order chi connectivity index (χ0) is 14.1. The highest BCUT2D eigenvalue weighted by Gasteiger charge is 2.27. The van der Waals surface area contributed by atoms with Gasteiger partial charge in [0.2, 0.25) is 0 Å². The lowest BCUT2D eigenvalue weighted by Gasteiger charge is -2.18. The summed E-state index contributed by atoms with van der Waals surface area (Å²) in [6.07, 6.45) is 0. The number of carbonyl (C=O) groups is 1. The number of carboxylic acid groups (broad SMARTS) is 1. The highest BCUT2D eigenvalue weighted by atomic mass is 79.9. The Bertz CT molecular complexity index is 537. The van der Waals surface area contributed by atoms with Gasteiger partial charge >= 0.3 is 5.97 Å². The van der Waals surface area contributed by atoms with Gasteiger partial charge < -0.3 is 5.11 Å². The molecule has 0 spiro atoms. The Kier molecular flexibility index (Phi) is 5.19. The summed E-state index contributed by atoms with van der Waals surface area (Å²) in [6.45, 7) is 1.36. The average molecular weight is 377 g/mol. The molecule has 1 heterocycles. The fourth-order valence-corrected chi connectivity index (χ4v) is 5.04. The smallest absolute Gasteiger partial charge is 0.307 e. The molecule has 5 nitrogen and oxygen atoms in total.